The summed E-state index contributed by atoms with van der Waals surface area (Å²) in [5.74, 6) is 1.79. The lowest BCUT2D eigenvalue weighted by molar-refractivity contribution is 0.0410. The molecule has 6 nitrogen and oxygen atoms in total. The van der Waals surface area contributed by atoms with Crippen LogP contribution < -0.4 is 5.73 Å². The molecule has 1 aliphatic heterocycles. The summed E-state index contributed by atoms with van der Waals surface area (Å²) in [6, 6.07) is 0. The van der Waals surface area contributed by atoms with E-state index < -0.39 is 0 Å². The predicted octanol–water partition coefficient (Wildman–Crippen LogP) is 1.20. The van der Waals surface area contributed by atoms with Gasteiger partial charge >= 0.3 is 0 Å². The molecular formula is C12H23ClN4O2. The second kappa shape index (κ2) is 7.79. The minimum atomic E-state index is 0. The quantitative estimate of drug-likeness (QED) is 0.848. The molecular weight excluding hydrogens is 268 g/mol. The highest BCUT2D eigenvalue weighted by atomic mass is 35.5. The monoisotopic (exact) mass is 290 g/mol. The Balaban J connectivity index is 0.00000180. The molecule has 1 fully saturated rings. The first-order valence-corrected chi connectivity index (χ1v) is 6.53. The van der Waals surface area contributed by atoms with Crippen molar-refractivity contribution in [1.29, 1.82) is 0 Å². The number of hydrogen-bond donors (Lipinski definition) is 1. The molecule has 1 aromatic heterocycles. The zero-order valence-electron chi connectivity index (χ0n) is 11.5. The van der Waals surface area contributed by atoms with Crippen molar-refractivity contribution >= 4 is 12.4 Å². The Labute approximate surface area is 120 Å². The van der Waals surface area contributed by atoms with Crippen LogP contribution in [0.5, 0.6) is 0 Å². The first-order valence-electron chi connectivity index (χ1n) is 6.53. The smallest absolute Gasteiger partial charge is 0.240 e. The van der Waals surface area contributed by atoms with Gasteiger partial charge in [0, 0.05) is 19.7 Å². The molecule has 1 aromatic rings. The summed E-state index contributed by atoms with van der Waals surface area (Å²) in [5.41, 5.74) is 5.43. The SMILES string of the molecule is CC(C)COC1CCN(Cc2noc(CN)n2)C1.Cl. The van der Waals surface area contributed by atoms with Crippen LogP contribution in [0.2, 0.25) is 0 Å². The zero-order chi connectivity index (χ0) is 13.0. The molecule has 1 aliphatic rings. The second-order valence-corrected chi connectivity index (χ2v) is 5.18. The maximum Gasteiger partial charge on any atom is 0.240 e. The van der Waals surface area contributed by atoms with E-state index in [1.165, 1.54) is 0 Å². The van der Waals surface area contributed by atoms with Crippen molar-refractivity contribution in [2.45, 2.75) is 39.5 Å². The van der Waals surface area contributed by atoms with Gasteiger partial charge in [0.05, 0.1) is 19.2 Å². The fourth-order valence-electron chi connectivity index (χ4n) is 2.04. The summed E-state index contributed by atoms with van der Waals surface area (Å²) in [6.45, 7) is 8.14. The maximum atomic E-state index is 5.83. The lowest BCUT2D eigenvalue weighted by atomic mass is 10.2. The lowest BCUT2D eigenvalue weighted by Crippen LogP contribution is -2.24. The van der Waals surface area contributed by atoms with E-state index in [1.54, 1.807) is 0 Å². The number of aromatic nitrogens is 2. The van der Waals surface area contributed by atoms with Crippen LogP contribution in [0.15, 0.2) is 4.52 Å². The Morgan fingerprint density at radius 1 is 1.53 bits per heavy atom. The molecule has 0 bridgehead atoms. The third kappa shape index (κ3) is 5.06. The molecule has 0 aromatic carbocycles. The number of nitrogens with two attached hydrogens (primary N) is 1. The van der Waals surface area contributed by atoms with Crippen molar-refractivity contribution in [2.75, 3.05) is 19.7 Å². The average Bonchev–Trinajstić information content (AvgIpc) is 2.96. The van der Waals surface area contributed by atoms with E-state index in [1.807, 2.05) is 0 Å². The van der Waals surface area contributed by atoms with Gasteiger partial charge in [-0.25, -0.2) is 0 Å². The van der Waals surface area contributed by atoms with Gasteiger partial charge in [0.1, 0.15) is 0 Å². The zero-order valence-corrected chi connectivity index (χ0v) is 12.4. The van der Waals surface area contributed by atoms with Crippen LogP contribution in [-0.2, 0) is 17.8 Å². The molecule has 1 saturated heterocycles. The predicted molar refractivity (Wildman–Crippen MR) is 73.9 cm³/mol. The highest BCUT2D eigenvalue weighted by Crippen LogP contribution is 2.15. The topological polar surface area (TPSA) is 77.4 Å². The van der Waals surface area contributed by atoms with Crippen LogP contribution in [0.25, 0.3) is 0 Å². The molecule has 2 N–H and O–H groups in total. The lowest BCUT2D eigenvalue weighted by Gasteiger charge is -2.15. The number of halogens is 1. The van der Waals surface area contributed by atoms with Crippen LogP contribution in [0, 0.1) is 5.92 Å². The molecule has 0 spiro atoms. The van der Waals surface area contributed by atoms with Gasteiger partial charge in [-0.3, -0.25) is 4.90 Å². The molecule has 2 heterocycles. The first-order chi connectivity index (χ1) is 8.67. The Hall–Kier alpha value is -0.690. The third-order valence-corrected chi connectivity index (χ3v) is 2.94. The average molecular weight is 291 g/mol. The van der Waals surface area contributed by atoms with Crippen LogP contribution >= 0.6 is 12.4 Å². The standard InChI is InChI=1S/C12H22N4O2.ClH/c1-9(2)8-17-10-3-4-16(6-10)7-11-14-12(5-13)18-15-11;/h9-10H,3-8,13H2,1-2H3;1H. The van der Waals surface area contributed by atoms with Crippen LogP contribution in [0.3, 0.4) is 0 Å². The highest BCUT2D eigenvalue weighted by Gasteiger charge is 2.24. The molecule has 19 heavy (non-hydrogen) atoms. The Morgan fingerprint density at radius 3 is 2.95 bits per heavy atom. The van der Waals surface area contributed by atoms with Gasteiger partial charge in [-0.2, -0.15) is 4.98 Å². The van der Waals surface area contributed by atoms with Crippen molar-refractivity contribution < 1.29 is 9.26 Å². The van der Waals surface area contributed by atoms with Crippen molar-refractivity contribution in [1.82, 2.24) is 15.0 Å². The van der Waals surface area contributed by atoms with Gasteiger partial charge in [-0.1, -0.05) is 19.0 Å². The minimum Gasteiger partial charge on any atom is -0.377 e. The Kier molecular flexibility index (Phi) is 6.71. The maximum absolute atomic E-state index is 5.83. The molecule has 0 amide bonds. The third-order valence-electron chi connectivity index (χ3n) is 2.94. The van der Waals surface area contributed by atoms with E-state index in [-0.39, 0.29) is 12.4 Å². The molecule has 1 unspecified atom stereocenters. The van der Waals surface area contributed by atoms with E-state index in [4.69, 9.17) is 15.0 Å². The van der Waals surface area contributed by atoms with Crippen LogP contribution in [0.1, 0.15) is 32.0 Å². The van der Waals surface area contributed by atoms with Crippen LogP contribution in [-0.4, -0.2) is 40.8 Å². The molecule has 7 heteroatoms. The van der Waals surface area contributed by atoms with Gasteiger partial charge in [-0.05, 0) is 12.3 Å². The number of likely N-dealkylation sites (tertiary alicyclic amines) is 1. The summed E-state index contributed by atoms with van der Waals surface area (Å²) in [5, 5.41) is 3.90. The van der Waals surface area contributed by atoms with Crippen molar-refractivity contribution in [3.05, 3.63) is 11.7 Å². The molecule has 0 saturated carbocycles. The molecule has 110 valence electrons. The van der Waals surface area contributed by atoms with Gasteiger partial charge in [0.25, 0.3) is 0 Å². The van der Waals surface area contributed by atoms with E-state index in [0.29, 0.717) is 36.8 Å². The summed E-state index contributed by atoms with van der Waals surface area (Å²) in [6.07, 6.45) is 1.42. The summed E-state index contributed by atoms with van der Waals surface area (Å²) in [7, 11) is 0. The number of hydrogen-bond acceptors (Lipinski definition) is 6. The van der Waals surface area contributed by atoms with Crippen molar-refractivity contribution in [3.63, 3.8) is 0 Å². The van der Waals surface area contributed by atoms with Gasteiger partial charge in [0.2, 0.25) is 5.89 Å². The normalized spacial score (nSPS) is 19.9. The number of rotatable bonds is 6. The van der Waals surface area contributed by atoms with Crippen molar-refractivity contribution in [3.8, 4) is 0 Å². The van der Waals surface area contributed by atoms with E-state index in [0.717, 1.165) is 26.1 Å². The summed E-state index contributed by atoms with van der Waals surface area (Å²) < 4.78 is 10.8. The van der Waals surface area contributed by atoms with Crippen LogP contribution in [0.4, 0.5) is 0 Å². The molecule has 0 radical (unpaired) electrons. The molecule has 1 atom stereocenters. The minimum absolute atomic E-state index is 0. The largest absolute Gasteiger partial charge is 0.377 e. The van der Waals surface area contributed by atoms with Gasteiger partial charge in [0.15, 0.2) is 5.82 Å². The Bertz CT molecular complexity index is 372. The molecule has 0 aliphatic carbocycles. The Morgan fingerprint density at radius 2 is 2.32 bits per heavy atom. The van der Waals surface area contributed by atoms with E-state index in [9.17, 15) is 0 Å². The number of nitrogens with zero attached hydrogens (tertiary/aromatic N) is 3. The highest BCUT2D eigenvalue weighted by molar-refractivity contribution is 5.85. The second-order valence-electron chi connectivity index (χ2n) is 5.18. The van der Waals surface area contributed by atoms with Gasteiger partial charge < -0.3 is 15.0 Å². The van der Waals surface area contributed by atoms with E-state index >= 15 is 0 Å². The van der Waals surface area contributed by atoms with E-state index in [2.05, 4.69) is 28.9 Å². The fraction of sp³-hybridized carbons (Fsp3) is 0.833. The van der Waals surface area contributed by atoms with Crippen molar-refractivity contribution in [2.24, 2.45) is 11.7 Å². The van der Waals surface area contributed by atoms with Gasteiger partial charge in [-0.15, -0.1) is 12.4 Å². The first kappa shape index (κ1) is 16.4. The summed E-state index contributed by atoms with van der Waals surface area (Å²) in [4.78, 5) is 6.49. The summed E-state index contributed by atoms with van der Waals surface area (Å²) >= 11 is 0. The number of ether oxygens (including phenoxy) is 1. The fourth-order valence-corrected chi connectivity index (χ4v) is 2.04. The molecule has 2 rings (SSSR count).